The Morgan fingerprint density at radius 2 is 1.66 bits per heavy atom. The zero-order valence-corrected chi connectivity index (χ0v) is 17.0. The van der Waals surface area contributed by atoms with Gasteiger partial charge < -0.3 is 9.30 Å². The molecule has 1 heterocycles. The van der Waals surface area contributed by atoms with Crippen LogP contribution in [-0.2, 0) is 11.2 Å². The number of hydrogen-bond acceptors (Lipinski definition) is 3. The Morgan fingerprint density at radius 1 is 1.03 bits per heavy atom. The Morgan fingerprint density at radius 3 is 2.24 bits per heavy atom. The van der Waals surface area contributed by atoms with Crippen LogP contribution in [0.15, 0.2) is 54.6 Å². The molecule has 0 spiro atoms. The maximum absolute atomic E-state index is 13.2. The molecule has 0 aliphatic carbocycles. The first-order valence-electron chi connectivity index (χ1n) is 9.60. The van der Waals surface area contributed by atoms with Crippen LogP contribution in [0.1, 0.15) is 51.5 Å². The zero-order valence-electron chi connectivity index (χ0n) is 17.0. The normalized spacial score (nSPS) is 11.9. The minimum absolute atomic E-state index is 0.242. The summed E-state index contributed by atoms with van der Waals surface area (Å²) in [6.45, 7) is 7.27. The first-order chi connectivity index (χ1) is 13.8. The van der Waals surface area contributed by atoms with Gasteiger partial charge in [0.2, 0.25) is 5.78 Å². The van der Waals surface area contributed by atoms with Crippen LogP contribution in [0.4, 0.5) is 4.39 Å². The van der Waals surface area contributed by atoms with Gasteiger partial charge in [-0.05, 0) is 63.1 Å². The number of Topliss-reactive ketones (excluding diaryl/α,β-unsaturated/α-hetero) is 1. The Kier molecular flexibility index (Phi) is 5.97. The lowest BCUT2D eigenvalue weighted by molar-refractivity contribution is 0.0318. The number of hydrogen-bond donors (Lipinski definition) is 0. The van der Waals surface area contributed by atoms with Gasteiger partial charge in [-0.25, -0.2) is 9.18 Å². The van der Waals surface area contributed by atoms with Crippen molar-refractivity contribution in [3.63, 3.8) is 0 Å². The highest BCUT2D eigenvalue weighted by atomic mass is 19.1. The summed E-state index contributed by atoms with van der Waals surface area (Å²) in [7, 11) is 0. The maximum atomic E-state index is 13.2. The molecule has 0 bridgehead atoms. The Labute approximate surface area is 169 Å². The molecular weight excluding hydrogens is 369 g/mol. The fraction of sp³-hybridized carbons (Fsp3) is 0.250. The van der Waals surface area contributed by atoms with Crippen molar-refractivity contribution in [2.45, 2.75) is 40.2 Å². The van der Waals surface area contributed by atoms with Crippen molar-refractivity contribution in [1.29, 1.82) is 0 Å². The van der Waals surface area contributed by atoms with Crippen LogP contribution in [0.2, 0.25) is 0 Å². The zero-order chi connectivity index (χ0) is 21.1. The summed E-state index contributed by atoms with van der Waals surface area (Å²) in [4.78, 5) is 25.3. The van der Waals surface area contributed by atoms with E-state index in [-0.39, 0.29) is 11.6 Å². The van der Waals surface area contributed by atoms with E-state index in [0.717, 1.165) is 23.4 Å². The highest BCUT2D eigenvalue weighted by molar-refractivity contribution is 6.01. The molecule has 4 nitrogen and oxygen atoms in total. The first kappa shape index (κ1) is 20.5. The van der Waals surface area contributed by atoms with Crippen LogP contribution in [-0.4, -0.2) is 22.4 Å². The van der Waals surface area contributed by atoms with E-state index >= 15 is 0 Å². The van der Waals surface area contributed by atoms with Crippen LogP contribution in [0.5, 0.6) is 0 Å². The van der Waals surface area contributed by atoms with Crippen molar-refractivity contribution in [3.05, 3.63) is 88.5 Å². The molecule has 3 aromatic rings. The fourth-order valence-electron chi connectivity index (χ4n) is 3.37. The summed E-state index contributed by atoms with van der Waals surface area (Å²) >= 11 is 0. The quantitative estimate of drug-likeness (QED) is 0.426. The molecule has 1 aromatic heterocycles. The van der Waals surface area contributed by atoms with Crippen LogP contribution in [0.25, 0.3) is 5.69 Å². The third kappa shape index (κ3) is 4.29. The molecule has 0 aliphatic heterocycles. The van der Waals surface area contributed by atoms with Crippen molar-refractivity contribution in [3.8, 4) is 5.69 Å². The lowest BCUT2D eigenvalue weighted by atomic mass is 10.0. The molecule has 150 valence electrons. The fourth-order valence-corrected chi connectivity index (χ4v) is 3.37. The van der Waals surface area contributed by atoms with Crippen LogP contribution in [0, 0.1) is 19.7 Å². The third-order valence-corrected chi connectivity index (χ3v) is 5.04. The number of carbonyl (C=O) groups is 2. The number of esters is 1. The predicted octanol–water partition coefficient (Wildman–Crippen LogP) is 5.22. The highest BCUT2D eigenvalue weighted by Gasteiger charge is 2.23. The number of ether oxygens (including phenoxy) is 1. The number of nitrogens with zero attached hydrogens (tertiary/aromatic N) is 1. The average molecular weight is 393 g/mol. The van der Waals surface area contributed by atoms with Gasteiger partial charge in [-0.1, -0.05) is 31.2 Å². The number of rotatable bonds is 6. The number of aromatic nitrogens is 1. The summed E-state index contributed by atoms with van der Waals surface area (Å²) in [5.41, 5.74) is 4.27. The van der Waals surface area contributed by atoms with Gasteiger partial charge in [-0.3, -0.25) is 4.79 Å². The van der Waals surface area contributed by atoms with Crippen LogP contribution >= 0.6 is 0 Å². The summed E-state index contributed by atoms with van der Waals surface area (Å²) in [6, 6.07) is 15.1. The van der Waals surface area contributed by atoms with Gasteiger partial charge in [-0.15, -0.1) is 0 Å². The molecule has 3 rings (SSSR count). The van der Waals surface area contributed by atoms with E-state index in [4.69, 9.17) is 4.74 Å². The van der Waals surface area contributed by atoms with E-state index in [0.29, 0.717) is 16.8 Å². The second-order valence-electron chi connectivity index (χ2n) is 7.06. The van der Waals surface area contributed by atoms with E-state index in [1.165, 1.54) is 12.1 Å². The van der Waals surface area contributed by atoms with E-state index in [1.54, 1.807) is 44.2 Å². The minimum Gasteiger partial charge on any atom is -0.451 e. The summed E-state index contributed by atoms with van der Waals surface area (Å²) in [5.74, 6) is -1.12. The van der Waals surface area contributed by atoms with E-state index in [2.05, 4.69) is 0 Å². The standard InChI is InChI=1S/C24H24FNO3/c1-5-18-6-8-19(9-7-18)23(27)17(4)29-24(28)22-14-15(2)26(16(22)3)21-12-10-20(25)11-13-21/h6-14,17H,5H2,1-4H3. The van der Waals surface area contributed by atoms with Gasteiger partial charge in [0.05, 0.1) is 5.56 Å². The average Bonchev–Trinajstić information content (AvgIpc) is 3.02. The SMILES string of the molecule is CCc1ccc(C(=O)C(C)OC(=O)c2cc(C)n(-c3ccc(F)cc3)c2C)cc1. The topological polar surface area (TPSA) is 48.3 Å². The summed E-state index contributed by atoms with van der Waals surface area (Å²) < 4.78 is 20.5. The molecule has 0 saturated carbocycles. The number of benzene rings is 2. The van der Waals surface area contributed by atoms with Crippen LogP contribution in [0.3, 0.4) is 0 Å². The lowest BCUT2D eigenvalue weighted by Crippen LogP contribution is -2.24. The van der Waals surface area contributed by atoms with E-state index in [9.17, 15) is 14.0 Å². The van der Waals surface area contributed by atoms with E-state index in [1.807, 2.05) is 30.5 Å². The molecule has 0 N–H and O–H groups in total. The molecule has 2 aromatic carbocycles. The molecule has 0 radical (unpaired) electrons. The third-order valence-electron chi connectivity index (χ3n) is 5.04. The lowest BCUT2D eigenvalue weighted by Gasteiger charge is -2.13. The van der Waals surface area contributed by atoms with E-state index < -0.39 is 12.1 Å². The summed E-state index contributed by atoms with van der Waals surface area (Å²) in [6.07, 6.45) is -0.00766. The van der Waals surface area contributed by atoms with Crippen molar-refractivity contribution in [2.75, 3.05) is 0 Å². The molecule has 0 saturated heterocycles. The number of ketones is 1. The molecule has 0 amide bonds. The van der Waals surface area contributed by atoms with Crippen molar-refractivity contribution in [1.82, 2.24) is 4.57 Å². The molecule has 1 atom stereocenters. The highest BCUT2D eigenvalue weighted by Crippen LogP contribution is 2.22. The van der Waals surface area contributed by atoms with Crippen molar-refractivity contribution in [2.24, 2.45) is 0 Å². The van der Waals surface area contributed by atoms with Crippen molar-refractivity contribution < 1.29 is 18.7 Å². The minimum atomic E-state index is -0.899. The van der Waals surface area contributed by atoms with Crippen molar-refractivity contribution >= 4 is 11.8 Å². The van der Waals surface area contributed by atoms with Gasteiger partial charge in [0.25, 0.3) is 0 Å². The van der Waals surface area contributed by atoms with Gasteiger partial charge in [0.1, 0.15) is 5.82 Å². The Hall–Kier alpha value is -3.21. The predicted molar refractivity (Wildman–Crippen MR) is 110 cm³/mol. The second-order valence-corrected chi connectivity index (χ2v) is 7.06. The molecular formula is C24H24FNO3. The van der Waals surface area contributed by atoms with Gasteiger partial charge >= 0.3 is 5.97 Å². The van der Waals surface area contributed by atoms with Crippen LogP contribution < -0.4 is 0 Å². The molecule has 29 heavy (non-hydrogen) atoms. The van der Waals surface area contributed by atoms with Gasteiger partial charge in [0.15, 0.2) is 6.10 Å². The Bertz CT molecular complexity index is 1030. The Balaban J connectivity index is 1.79. The molecule has 5 heteroatoms. The first-order valence-corrected chi connectivity index (χ1v) is 9.60. The second kappa shape index (κ2) is 8.43. The summed E-state index contributed by atoms with van der Waals surface area (Å²) in [5, 5.41) is 0. The molecule has 1 unspecified atom stereocenters. The monoisotopic (exact) mass is 393 g/mol. The van der Waals surface area contributed by atoms with Gasteiger partial charge in [0, 0.05) is 22.6 Å². The molecule has 0 fully saturated rings. The smallest absolute Gasteiger partial charge is 0.340 e. The number of aryl methyl sites for hydroxylation is 2. The number of carbonyl (C=O) groups excluding carboxylic acids is 2. The maximum Gasteiger partial charge on any atom is 0.340 e. The largest absolute Gasteiger partial charge is 0.451 e. The van der Waals surface area contributed by atoms with Gasteiger partial charge in [-0.2, -0.15) is 0 Å². The number of halogens is 1. The molecule has 0 aliphatic rings.